The van der Waals surface area contributed by atoms with Crippen LogP contribution in [0.25, 0.3) is 0 Å². The quantitative estimate of drug-likeness (QED) is 0.313. The lowest BCUT2D eigenvalue weighted by Gasteiger charge is -2.41. The van der Waals surface area contributed by atoms with Crippen molar-refractivity contribution in [2.75, 3.05) is 19.7 Å². The van der Waals surface area contributed by atoms with E-state index in [9.17, 15) is 0 Å². The van der Waals surface area contributed by atoms with Crippen LogP contribution in [-0.4, -0.2) is 47.3 Å². The number of hydrogen-bond donors (Lipinski definition) is 2. The minimum Gasteiger partial charge on any atom is -0.409 e. The molecule has 0 aliphatic carbocycles. The molecule has 5 heteroatoms. The molecule has 0 aromatic heterocycles. The van der Waals surface area contributed by atoms with E-state index in [-0.39, 0.29) is 17.5 Å². The summed E-state index contributed by atoms with van der Waals surface area (Å²) in [6.45, 7) is 8.48. The maximum Gasteiger partial charge on any atom is 0.156 e. The summed E-state index contributed by atoms with van der Waals surface area (Å²) in [5.41, 5.74) is 5.51. The van der Waals surface area contributed by atoms with Gasteiger partial charge in [0.25, 0.3) is 0 Å². The molecule has 1 heterocycles. The zero-order valence-corrected chi connectivity index (χ0v) is 9.73. The van der Waals surface area contributed by atoms with E-state index < -0.39 is 0 Å². The lowest BCUT2D eigenvalue weighted by molar-refractivity contribution is -0.0912. The molecular weight excluding hydrogens is 194 g/mol. The smallest absolute Gasteiger partial charge is 0.156 e. The molecule has 1 aliphatic rings. The first-order valence-electron chi connectivity index (χ1n) is 5.35. The molecule has 1 rings (SSSR count). The monoisotopic (exact) mass is 215 g/mol. The molecule has 1 atom stereocenters. The molecule has 1 unspecified atom stereocenters. The van der Waals surface area contributed by atoms with Gasteiger partial charge in [0.05, 0.1) is 18.2 Å². The highest BCUT2D eigenvalue weighted by Crippen LogP contribution is 2.19. The zero-order chi connectivity index (χ0) is 11.5. The van der Waals surface area contributed by atoms with Gasteiger partial charge in [0.1, 0.15) is 0 Å². The van der Waals surface area contributed by atoms with Crippen molar-refractivity contribution in [3.63, 3.8) is 0 Å². The number of nitrogens with two attached hydrogens (primary N) is 1. The first-order valence-corrected chi connectivity index (χ1v) is 5.35. The van der Waals surface area contributed by atoms with Crippen LogP contribution in [0.15, 0.2) is 5.16 Å². The lowest BCUT2D eigenvalue weighted by atomic mass is 10.0. The minimum atomic E-state index is -0.151. The molecule has 5 nitrogen and oxygen atoms in total. The molecule has 0 spiro atoms. The fourth-order valence-electron chi connectivity index (χ4n) is 2.04. The van der Waals surface area contributed by atoms with Crippen LogP contribution >= 0.6 is 0 Å². The fraction of sp³-hybridized carbons (Fsp3) is 0.900. The second kappa shape index (κ2) is 4.81. The third-order valence-corrected chi connectivity index (χ3v) is 2.74. The standard InChI is InChI=1S/C10H21N3O2/c1-4-8(9(11)12-14)13-5-6-15-10(2,3)7-13/h8,14H,4-7H2,1-3H3,(H2,11,12). The highest BCUT2D eigenvalue weighted by molar-refractivity contribution is 5.85. The SMILES string of the molecule is CCC(C(N)=NO)N1CCOC(C)(C)C1. The van der Waals surface area contributed by atoms with Gasteiger partial charge in [-0.15, -0.1) is 0 Å². The molecule has 0 saturated carbocycles. The van der Waals surface area contributed by atoms with Gasteiger partial charge < -0.3 is 15.7 Å². The van der Waals surface area contributed by atoms with Crippen molar-refractivity contribution in [2.45, 2.75) is 38.8 Å². The summed E-state index contributed by atoms with van der Waals surface area (Å²) >= 11 is 0. The molecular formula is C10H21N3O2. The second-order valence-electron chi connectivity index (χ2n) is 4.53. The van der Waals surface area contributed by atoms with Crippen molar-refractivity contribution in [3.05, 3.63) is 0 Å². The minimum absolute atomic E-state index is 0.0122. The van der Waals surface area contributed by atoms with Gasteiger partial charge in [0.2, 0.25) is 0 Å². The molecule has 3 N–H and O–H groups in total. The highest BCUT2D eigenvalue weighted by atomic mass is 16.5. The van der Waals surface area contributed by atoms with Crippen LogP contribution in [0.4, 0.5) is 0 Å². The second-order valence-corrected chi connectivity index (χ2v) is 4.53. The highest BCUT2D eigenvalue weighted by Gasteiger charge is 2.32. The van der Waals surface area contributed by atoms with Crippen LogP contribution in [-0.2, 0) is 4.74 Å². The van der Waals surface area contributed by atoms with E-state index in [1.807, 2.05) is 6.92 Å². The number of rotatable bonds is 3. The van der Waals surface area contributed by atoms with Gasteiger partial charge in [-0.1, -0.05) is 12.1 Å². The number of ether oxygens (including phenoxy) is 1. The topological polar surface area (TPSA) is 71.1 Å². The van der Waals surface area contributed by atoms with E-state index >= 15 is 0 Å². The molecule has 0 aromatic rings. The summed E-state index contributed by atoms with van der Waals surface area (Å²) in [5.74, 6) is 0.287. The van der Waals surface area contributed by atoms with E-state index in [4.69, 9.17) is 15.7 Å². The maximum atomic E-state index is 8.70. The van der Waals surface area contributed by atoms with Gasteiger partial charge in [0.15, 0.2) is 5.84 Å². The van der Waals surface area contributed by atoms with Crippen LogP contribution in [0.3, 0.4) is 0 Å². The Bertz CT molecular complexity index is 241. The molecule has 15 heavy (non-hydrogen) atoms. The van der Waals surface area contributed by atoms with E-state index in [0.717, 1.165) is 19.5 Å². The van der Waals surface area contributed by atoms with Crippen molar-refractivity contribution in [3.8, 4) is 0 Å². The summed E-state index contributed by atoms with van der Waals surface area (Å²) in [6, 6.07) is 0.0122. The molecule has 0 amide bonds. The van der Waals surface area contributed by atoms with Crippen LogP contribution in [0.2, 0.25) is 0 Å². The van der Waals surface area contributed by atoms with Gasteiger partial charge in [-0.25, -0.2) is 0 Å². The van der Waals surface area contributed by atoms with Crippen molar-refractivity contribution < 1.29 is 9.94 Å². The molecule has 88 valence electrons. The van der Waals surface area contributed by atoms with Gasteiger partial charge in [-0.05, 0) is 20.3 Å². The van der Waals surface area contributed by atoms with Crippen LogP contribution in [0, 0.1) is 0 Å². The average molecular weight is 215 g/mol. The Labute approximate surface area is 90.9 Å². The Morgan fingerprint density at radius 3 is 2.80 bits per heavy atom. The number of oxime groups is 1. The van der Waals surface area contributed by atoms with Crippen LogP contribution in [0.5, 0.6) is 0 Å². The summed E-state index contributed by atoms with van der Waals surface area (Å²) in [5, 5.41) is 11.8. The first kappa shape index (κ1) is 12.3. The average Bonchev–Trinajstić information content (AvgIpc) is 2.17. The van der Waals surface area contributed by atoms with E-state index in [2.05, 4.69) is 23.9 Å². The first-order chi connectivity index (χ1) is 7.00. The van der Waals surface area contributed by atoms with E-state index in [1.54, 1.807) is 0 Å². The van der Waals surface area contributed by atoms with Crippen molar-refractivity contribution in [2.24, 2.45) is 10.9 Å². The van der Waals surface area contributed by atoms with Crippen molar-refractivity contribution in [1.29, 1.82) is 0 Å². The number of nitrogens with zero attached hydrogens (tertiary/aromatic N) is 2. The number of hydrogen-bond acceptors (Lipinski definition) is 4. The van der Waals surface area contributed by atoms with E-state index in [0.29, 0.717) is 6.61 Å². The molecule has 1 saturated heterocycles. The Morgan fingerprint density at radius 2 is 2.33 bits per heavy atom. The third kappa shape index (κ3) is 3.07. The number of amidine groups is 1. The molecule has 0 radical (unpaired) electrons. The maximum absolute atomic E-state index is 8.70. The summed E-state index contributed by atoms with van der Waals surface area (Å²) in [7, 11) is 0. The Kier molecular flexibility index (Phi) is 3.93. The Hall–Kier alpha value is -0.810. The van der Waals surface area contributed by atoms with E-state index in [1.165, 1.54) is 0 Å². The van der Waals surface area contributed by atoms with Crippen molar-refractivity contribution in [1.82, 2.24) is 4.90 Å². The molecule has 0 aromatic carbocycles. The zero-order valence-electron chi connectivity index (χ0n) is 9.73. The molecule has 1 fully saturated rings. The van der Waals surface area contributed by atoms with Gasteiger partial charge in [0, 0.05) is 13.1 Å². The fourth-order valence-corrected chi connectivity index (χ4v) is 2.04. The van der Waals surface area contributed by atoms with Gasteiger partial charge >= 0.3 is 0 Å². The lowest BCUT2D eigenvalue weighted by Crippen LogP contribution is -2.55. The third-order valence-electron chi connectivity index (χ3n) is 2.74. The Morgan fingerprint density at radius 1 is 1.67 bits per heavy atom. The van der Waals surface area contributed by atoms with Crippen LogP contribution in [0.1, 0.15) is 27.2 Å². The molecule has 0 bridgehead atoms. The normalized spacial score (nSPS) is 25.1. The van der Waals surface area contributed by atoms with Crippen LogP contribution < -0.4 is 5.73 Å². The largest absolute Gasteiger partial charge is 0.409 e. The predicted octanol–water partition coefficient (Wildman–Crippen LogP) is 0.622. The molecule has 1 aliphatic heterocycles. The van der Waals surface area contributed by atoms with Gasteiger partial charge in [-0.3, -0.25) is 4.90 Å². The van der Waals surface area contributed by atoms with Crippen molar-refractivity contribution >= 4 is 5.84 Å². The summed E-state index contributed by atoms with van der Waals surface area (Å²) < 4.78 is 5.62. The summed E-state index contributed by atoms with van der Waals surface area (Å²) in [6.07, 6.45) is 0.839. The summed E-state index contributed by atoms with van der Waals surface area (Å²) in [4.78, 5) is 2.21. The predicted molar refractivity (Wildman–Crippen MR) is 59.1 cm³/mol. The Balaban J connectivity index is 2.68. The van der Waals surface area contributed by atoms with Gasteiger partial charge in [-0.2, -0.15) is 0 Å². The number of morpholine rings is 1.